The number of aromatic nitrogens is 1. The Balaban J connectivity index is 1.39. The average molecular weight is 444 g/mol. The fourth-order valence-corrected chi connectivity index (χ4v) is 5.93. The van der Waals surface area contributed by atoms with Crippen molar-refractivity contribution < 1.29 is 19.1 Å². The Hall–Kier alpha value is -3.52. The van der Waals surface area contributed by atoms with Crippen molar-refractivity contribution in [1.82, 2.24) is 20.1 Å². The molecule has 3 atom stereocenters. The molecule has 4 aliphatic heterocycles. The third-order valence-electron chi connectivity index (χ3n) is 7.48. The van der Waals surface area contributed by atoms with Crippen molar-refractivity contribution in [2.45, 2.75) is 31.0 Å². The summed E-state index contributed by atoms with van der Waals surface area (Å²) in [4.78, 5) is 34.6. The molecule has 4 aliphatic rings. The number of aromatic amines is 1. The van der Waals surface area contributed by atoms with Crippen LogP contribution in [-0.2, 0) is 16.0 Å². The molecular formula is C25H24N4O4. The van der Waals surface area contributed by atoms with E-state index in [1.54, 1.807) is 9.80 Å². The molecule has 2 aromatic carbocycles. The maximum atomic E-state index is 13.8. The number of piperazine rings is 1. The second-order valence-electron chi connectivity index (χ2n) is 9.21. The normalized spacial score (nSPS) is 26.1. The van der Waals surface area contributed by atoms with Crippen LogP contribution in [0.5, 0.6) is 11.5 Å². The molecule has 33 heavy (non-hydrogen) atoms. The number of H-pyrrole nitrogens is 1. The molecule has 0 saturated carbocycles. The van der Waals surface area contributed by atoms with Crippen LogP contribution < -0.4 is 14.8 Å². The smallest absolute Gasteiger partial charge is 0.246 e. The van der Waals surface area contributed by atoms with Crippen molar-refractivity contribution in [3.8, 4) is 11.5 Å². The molecule has 1 aromatic heterocycles. The number of amides is 2. The Morgan fingerprint density at radius 2 is 1.91 bits per heavy atom. The van der Waals surface area contributed by atoms with Gasteiger partial charge in [-0.15, -0.1) is 0 Å². The second kappa shape index (κ2) is 6.99. The van der Waals surface area contributed by atoms with E-state index in [9.17, 15) is 9.59 Å². The fourth-order valence-electron chi connectivity index (χ4n) is 5.93. The van der Waals surface area contributed by atoms with Crippen molar-refractivity contribution in [3.63, 3.8) is 0 Å². The Kier molecular flexibility index (Phi) is 4.02. The number of hydrogen-bond acceptors (Lipinski definition) is 5. The number of ether oxygens (including phenoxy) is 2. The molecule has 2 amide bonds. The maximum Gasteiger partial charge on any atom is 0.246 e. The molecule has 8 nitrogen and oxygen atoms in total. The number of nitrogens with one attached hydrogen (secondary N) is 2. The van der Waals surface area contributed by atoms with Crippen LogP contribution in [0.1, 0.15) is 29.3 Å². The third-order valence-corrected chi connectivity index (χ3v) is 7.48. The van der Waals surface area contributed by atoms with Gasteiger partial charge in [-0.2, -0.15) is 0 Å². The van der Waals surface area contributed by atoms with Crippen molar-refractivity contribution >= 4 is 22.7 Å². The van der Waals surface area contributed by atoms with Crippen LogP contribution in [0.3, 0.4) is 0 Å². The van der Waals surface area contributed by atoms with Gasteiger partial charge in [-0.3, -0.25) is 9.59 Å². The highest BCUT2D eigenvalue weighted by atomic mass is 16.7. The number of carbonyl (C=O) groups is 2. The molecule has 8 heteroatoms. The van der Waals surface area contributed by atoms with Crippen LogP contribution >= 0.6 is 0 Å². The molecular weight excluding hydrogens is 420 g/mol. The van der Waals surface area contributed by atoms with Gasteiger partial charge in [-0.1, -0.05) is 24.3 Å². The molecule has 0 spiro atoms. The largest absolute Gasteiger partial charge is 0.454 e. The zero-order valence-corrected chi connectivity index (χ0v) is 18.0. The van der Waals surface area contributed by atoms with E-state index in [1.807, 2.05) is 36.4 Å². The van der Waals surface area contributed by atoms with E-state index in [0.717, 1.165) is 47.2 Å². The minimum Gasteiger partial charge on any atom is -0.454 e. The van der Waals surface area contributed by atoms with Crippen LogP contribution in [-0.4, -0.2) is 65.1 Å². The lowest BCUT2D eigenvalue weighted by molar-refractivity contribution is -0.160. The van der Waals surface area contributed by atoms with Gasteiger partial charge in [-0.25, -0.2) is 0 Å². The van der Waals surface area contributed by atoms with Gasteiger partial charge >= 0.3 is 0 Å². The van der Waals surface area contributed by atoms with Gasteiger partial charge in [0, 0.05) is 35.6 Å². The summed E-state index contributed by atoms with van der Waals surface area (Å²) < 4.78 is 11.1. The molecule has 168 valence electrons. The van der Waals surface area contributed by atoms with Crippen LogP contribution in [0.4, 0.5) is 0 Å². The first-order chi connectivity index (χ1) is 16.2. The Morgan fingerprint density at radius 3 is 2.79 bits per heavy atom. The van der Waals surface area contributed by atoms with E-state index in [1.165, 1.54) is 0 Å². The van der Waals surface area contributed by atoms with Gasteiger partial charge in [0.05, 0.1) is 6.04 Å². The van der Waals surface area contributed by atoms with Crippen LogP contribution in [0, 0.1) is 0 Å². The van der Waals surface area contributed by atoms with E-state index in [4.69, 9.17) is 9.47 Å². The predicted molar refractivity (Wildman–Crippen MR) is 120 cm³/mol. The summed E-state index contributed by atoms with van der Waals surface area (Å²) in [6.45, 7) is 1.94. The van der Waals surface area contributed by atoms with E-state index >= 15 is 0 Å². The summed E-state index contributed by atoms with van der Waals surface area (Å²) in [5, 5.41) is 4.43. The minimum atomic E-state index is -0.519. The Bertz CT molecular complexity index is 1290. The first-order valence-electron chi connectivity index (χ1n) is 11.5. The van der Waals surface area contributed by atoms with Crippen molar-refractivity contribution in [1.29, 1.82) is 0 Å². The summed E-state index contributed by atoms with van der Waals surface area (Å²) in [6.07, 6.45) is 1.40. The van der Waals surface area contributed by atoms with Crippen LogP contribution in [0.25, 0.3) is 10.9 Å². The fraction of sp³-hybridized carbons (Fsp3) is 0.360. The molecule has 2 fully saturated rings. The monoisotopic (exact) mass is 444 g/mol. The molecule has 2 N–H and O–H groups in total. The number of nitrogens with zero attached hydrogens (tertiary/aromatic N) is 2. The lowest BCUT2D eigenvalue weighted by atomic mass is 9.85. The third kappa shape index (κ3) is 2.73. The summed E-state index contributed by atoms with van der Waals surface area (Å²) in [6, 6.07) is 13.1. The average Bonchev–Trinajstić information content (AvgIpc) is 3.59. The quantitative estimate of drug-likeness (QED) is 0.631. The van der Waals surface area contributed by atoms with Gasteiger partial charge in [0.25, 0.3) is 0 Å². The van der Waals surface area contributed by atoms with Gasteiger partial charge < -0.3 is 29.6 Å². The van der Waals surface area contributed by atoms with Crippen molar-refractivity contribution in [2.24, 2.45) is 0 Å². The zero-order chi connectivity index (χ0) is 22.1. The Morgan fingerprint density at radius 1 is 1.03 bits per heavy atom. The lowest BCUT2D eigenvalue weighted by Gasteiger charge is -2.48. The molecule has 0 aliphatic carbocycles. The summed E-state index contributed by atoms with van der Waals surface area (Å²) in [7, 11) is 0. The van der Waals surface area contributed by atoms with Crippen LogP contribution in [0.2, 0.25) is 0 Å². The van der Waals surface area contributed by atoms with E-state index < -0.39 is 6.04 Å². The standard InChI is InChI=1S/C25H24N4O4/c30-22-12-28(15-7-8-26-11-15)25(31)19-10-17-16-3-1-2-4-18(16)27-23(17)24(29(19)22)14-5-6-20-21(9-14)33-13-32-20/h1-6,9,15,19,24,26-27H,7-8,10-13H2/t15?,19-,24-/m1/s1. The molecule has 2 saturated heterocycles. The summed E-state index contributed by atoms with van der Waals surface area (Å²) in [5.41, 5.74) is 4.02. The topological polar surface area (TPSA) is 86.9 Å². The number of benzene rings is 2. The SMILES string of the molecule is O=C1[C@H]2Cc3c([nH]c4ccccc34)[C@@H](c3ccc4c(c3)OCO4)N2C(=O)CN1C1CCNC1. The number of rotatable bonds is 2. The van der Waals surface area contributed by atoms with Gasteiger partial charge in [-0.05, 0) is 42.3 Å². The molecule has 7 rings (SSSR count). The number of carbonyl (C=O) groups excluding carboxylic acids is 2. The summed E-state index contributed by atoms with van der Waals surface area (Å²) >= 11 is 0. The van der Waals surface area contributed by atoms with E-state index in [-0.39, 0.29) is 37.2 Å². The van der Waals surface area contributed by atoms with E-state index in [2.05, 4.69) is 16.4 Å². The van der Waals surface area contributed by atoms with Gasteiger partial charge in [0.2, 0.25) is 18.6 Å². The molecule has 0 radical (unpaired) electrons. The Labute approximate surface area is 190 Å². The molecule has 0 bridgehead atoms. The first-order valence-corrected chi connectivity index (χ1v) is 11.5. The number of hydrogen-bond donors (Lipinski definition) is 2. The first kappa shape index (κ1) is 19.0. The van der Waals surface area contributed by atoms with E-state index in [0.29, 0.717) is 17.9 Å². The highest BCUT2D eigenvalue weighted by molar-refractivity contribution is 5.98. The maximum absolute atomic E-state index is 13.8. The highest BCUT2D eigenvalue weighted by Crippen LogP contribution is 2.45. The predicted octanol–water partition coefficient (Wildman–Crippen LogP) is 1.94. The number of fused-ring (bicyclic) bond motifs is 5. The molecule has 1 unspecified atom stereocenters. The van der Waals surface area contributed by atoms with Crippen molar-refractivity contribution in [2.75, 3.05) is 26.4 Å². The molecule has 5 heterocycles. The highest BCUT2D eigenvalue weighted by Gasteiger charge is 2.49. The molecule has 3 aromatic rings. The van der Waals surface area contributed by atoms with Crippen molar-refractivity contribution in [3.05, 3.63) is 59.3 Å². The van der Waals surface area contributed by atoms with Crippen LogP contribution in [0.15, 0.2) is 42.5 Å². The second-order valence-corrected chi connectivity index (χ2v) is 9.21. The van der Waals surface area contributed by atoms with Gasteiger partial charge in [0.1, 0.15) is 12.6 Å². The zero-order valence-electron chi connectivity index (χ0n) is 18.0. The minimum absolute atomic E-state index is 0.0153. The number of para-hydroxylation sites is 1. The summed E-state index contributed by atoms with van der Waals surface area (Å²) in [5.74, 6) is 1.40. The van der Waals surface area contributed by atoms with Gasteiger partial charge in [0.15, 0.2) is 11.5 Å². The lowest BCUT2D eigenvalue weighted by Crippen LogP contribution is -2.65.